The van der Waals surface area contributed by atoms with E-state index in [1.807, 2.05) is 20.9 Å². The Bertz CT molecular complexity index is 2800. The largest absolute Gasteiger partial charge is 0.373 e. The summed E-state index contributed by atoms with van der Waals surface area (Å²) >= 11 is 19.4. The van der Waals surface area contributed by atoms with E-state index in [1.54, 1.807) is 57.8 Å². The average Bonchev–Trinajstić information content (AvgIpc) is 3.95. The van der Waals surface area contributed by atoms with Crippen LogP contribution in [0.15, 0.2) is 60.9 Å². The van der Waals surface area contributed by atoms with Crippen molar-refractivity contribution in [1.82, 2.24) is 54.4 Å². The van der Waals surface area contributed by atoms with Crippen molar-refractivity contribution < 1.29 is 18.3 Å². The second-order valence-corrected chi connectivity index (χ2v) is 15.8. The van der Waals surface area contributed by atoms with Gasteiger partial charge in [-0.05, 0) is 64.1 Å². The summed E-state index contributed by atoms with van der Waals surface area (Å²) in [6.45, 7) is 11.6. The van der Waals surface area contributed by atoms with Crippen LogP contribution in [0.4, 0.5) is 14.6 Å². The lowest BCUT2D eigenvalue weighted by atomic mass is 10.2. The van der Waals surface area contributed by atoms with Crippen LogP contribution in [0.2, 0.25) is 15.5 Å². The number of fused-ring (bicyclic) bond motifs is 6. The van der Waals surface area contributed by atoms with Gasteiger partial charge in [-0.3, -0.25) is 9.36 Å². The molecule has 2 aromatic carbocycles. The van der Waals surface area contributed by atoms with Crippen LogP contribution in [0, 0.1) is 11.6 Å². The van der Waals surface area contributed by atoms with Gasteiger partial charge in [-0.15, -0.1) is 0 Å². The topological polar surface area (TPSA) is 131 Å². The zero-order valence-corrected chi connectivity index (χ0v) is 35.3. The number of nitrogens with one attached hydrogen (secondary N) is 1. The molecule has 0 aliphatic carbocycles. The molecule has 0 saturated carbocycles. The first kappa shape index (κ1) is 40.8. The highest BCUT2D eigenvalue weighted by atomic mass is 35.5. The first-order chi connectivity index (χ1) is 28.3. The van der Waals surface area contributed by atoms with Gasteiger partial charge in [0.2, 0.25) is 0 Å². The average molecular weight is 866 g/mol. The van der Waals surface area contributed by atoms with Crippen LogP contribution in [-0.4, -0.2) is 99.7 Å². The Labute approximate surface area is 352 Å². The molecule has 0 bridgehead atoms. The highest BCUT2D eigenvalue weighted by molar-refractivity contribution is 6.42. The van der Waals surface area contributed by atoms with Crippen molar-refractivity contribution in [2.75, 3.05) is 31.1 Å². The number of aryl methyl sites for hydroxylation is 2. The van der Waals surface area contributed by atoms with Crippen LogP contribution in [0.3, 0.4) is 0 Å². The number of ether oxygens (including phenoxy) is 2. The fourth-order valence-corrected chi connectivity index (χ4v) is 8.37. The molecule has 2 saturated heterocycles. The Kier molecular flexibility index (Phi) is 11.5. The molecular formula is C40H41Cl3F2N12O2. The number of pyridine rings is 2. The molecule has 0 amide bonds. The van der Waals surface area contributed by atoms with Crippen LogP contribution in [0.25, 0.3) is 55.2 Å². The Hall–Kier alpha value is -4.97. The van der Waals surface area contributed by atoms with Gasteiger partial charge < -0.3 is 19.7 Å². The van der Waals surface area contributed by atoms with E-state index in [4.69, 9.17) is 54.4 Å². The quantitative estimate of drug-likeness (QED) is 0.175. The fraction of sp³-hybridized carbons (Fsp3) is 0.350. The van der Waals surface area contributed by atoms with Gasteiger partial charge in [-0.2, -0.15) is 20.4 Å². The Morgan fingerprint density at radius 2 is 1.14 bits per heavy atom. The predicted molar refractivity (Wildman–Crippen MR) is 226 cm³/mol. The Morgan fingerprint density at radius 1 is 0.661 bits per heavy atom. The van der Waals surface area contributed by atoms with Gasteiger partial charge in [0.05, 0.1) is 69.7 Å². The summed E-state index contributed by atoms with van der Waals surface area (Å²) in [7, 11) is 3.61. The Morgan fingerprint density at radius 3 is 1.63 bits per heavy atom. The van der Waals surface area contributed by atoms with Crippen molar-refractivity contribution in [2.45, 2.75) is 52.1 Å². The predicted octanol–water partition coefficient (Wildman–Crippen LogP) is 7.85. The molecule has 10 rings (SSSR count). The number of anilines is 1. The van der Waals surface area contributed by atoms with Crippen molar-refractivity contribution in [1.29, 1.82) is 0 Å². The van der Waals surface area contributed by atoms with Crippen LogP contribution >= 0.6 is 34.8 Å². The third-order valence-electron chi connectivity index (χ3n) is 9.98. The van der Waals surface area contributed by atoms with E-state index in [2.05, 4.69) is 44.3 Å². The molecule has 4 unspecified atom stereocenters. The molecule has 8 heterocycles. The molecule has 0 spiro atoms. The lowest BCUT2D eigenvalue weighted by molar-refractivity contribution is -0.0166. The van der Waals surface area contributed by atoms with Crippen LogP contribution in [0.1, 0.15) is 27.7 Å². The molecule has 59 heavy (non-hydrogen) atoms. The monoisotopic (exact) mass is 864 g/mol. The standard InChI is InChI=1S/C20H20ClFN6O.C14H8Cl2FN5.C6H13NO/c1-11-9-27(10-12(2)29-11)20-16-17(15-8-23-26(3)19(15)24-20)25-28(18(16)21)14-6-4-5-13(22)7-14;1-21-14-9(6-18-21)11-10(12(15)19-14)13(16)22(20-11)8-4-2-3-7(17)5-8;1-5-3-7-4-6(2)8-5/h4-8,11-12H,9-10H2,1-3H3;2-6H,1H3;5-7H,3-4H2,1-2H3. The third-order valence-corrected chi connectivity index (χ3v) is 11.0. The summed E-state index contributed by atoms with van der Waals surface area (Å²) in [5.41, 5.74) is 3.67. The number of aromatic nitrogens is 10. The molecule has 2 fully saturated rings. The minimum atomic E-state index is -0.371. The summed E-state index contributed by atoms with van der Waals surface area (Å²) in [4.78, 5) is 11.4. The van der Waals surface area contributed by atoms with Gasteiger partial charge in [-0.1, -0.05) is 46.9 Å². The molecule has 6 aromatic heterocycles. The lowest BCUT2D eigenvalue weighted by Gasteiger charge is -2.36. The molecule has 4 atom stereocenters. The number of hydrogen-bond donors (Lipinski definition) is 1. The molecule has 0 radical (unpaired) electrons. The van der Waals surface area contributed by atoms with Crippen molar-refractivity contribution in [3.05, 3.63) is 88.0 Å². The van der Waals surface area contributed by atoms with Crippen LogP contribution in [0.5, 0.6) is 0 Å². The second-order valence-electron chi connectivity index (χ2n) is 14.7. The van der Waals surface area contributed by atoms with E-state index in [9.17, 15) is 8.78 Å². The van der Waals surface area contributed by atoms with Crippen molar-refractivity contribution in [3.63, 3.8) is 0 Å². The summed E-state index contributed by atoms with van der Waals surface area (Å²) in [6.07, 6.45) is 4.32. The number of rotatable bonds is 3. The molecular weight excluding hydrogens is 825 g/mol. The maximum absolute atomic E-state index is 13.8. The highest BCUT2D eigenvalue weighted by Gasteiger charge is 2.29. The fourth-order valence-electron chi connectivity index (χ4n) is 7.44. The van der Waals surface area contributed by atoms with Crippen LogP contribution in [-0.2, 0) is 23.6 Å². The molecule has 19 heteroatoms. The third kappa shape index (κ3) is 8.04. The Balaban J connectivity index is 0.000000142. The van der Waals surface area contributed by atoms with E-state index in [0.29, 0.717) is 63.9 Å². The van der Waals surface area contributed by atoms with Gasteiger partial charge in [0.25, 0.3) is 0 Å². The maximum Gasteiger partial charge on any atom is 0.162 e. The van der Waals surface area contributed by atoms with Gasteiger partial charge in [0, 0.05) is 40.3 Å². The summed E-state index contributed by atoms with van der Waals surface area (Å²) in [5, 5.41) is 24.7. The van der Waals surface area contributed by atoms with Gasteiger partial charge in [-0.25, -0.2) is 28.1 Å². The minimum Gasteiger partial charge on any atom is -0.373 e. The molecule has 308 valence electrons. The van der Waals surface area contributed by atoms with Crippen molar-refractivity contribution in [3.8, 4) is 11.4 Å². The number of halogens is 5. The second kappa shape index (κ2) is 16.6. The lowest BCUT2D eigenvalue weighted by Crippen LogP contribution is -2.46. The highest BCUT2D eigenvalue weighted by Crippen LogP contribution is 2.38. The number of morpholine rings is 2. The maximum atomic E-state index is 13.8. The number of nitrogens with zero attached hydrogens (tertiary/aromatic N) is 11. The van der Waals surface area contributed by atoms with Crippen molar-refractivity contribution in [2.24, 2.45) is 14.1 Å². The molecule has 8 aromatic rings. The zero-order valence-electron chi connectivity index (χ0n) is 33.0. The molecule has 2 aliphatic heterocycles. The molecule has 2 aliphatic rings. The first-order valence-corrected chi connectivity index (χ1v) is 20.1. The minimum absolute atomic E-state index is 0.0647. The smallest absolute Gasteiger partial charge is 0.162 e. The van der Waals surface area contributed by atoms with E-state index < -0.39 is 0 Å². The van der Waals surface area contributed by atoms with Gasteiger partial charge in [0.15, 0.2) is 11.3 Å². The SMILES string of the molecule is CC1CN(c2nc3c(cnn3C)c3nn(-c4cccc(F)c4)c(Cl)c23)CC(C)O1.CC1CNCC(C)O1.Cn1ncc2c3nn(-c4cccc(F)c4)c(Cl)c3c(Cl)nc21. The van der Waals surface area contributed by atoms with Gasteiger partial charge in [0.1, 0.15) is 43.9 Å². The summed E-state index contributed by atoms with van der Waals surface area (Å²) in [5.74, 6) is 0.0217. The first-order valence-electron chi connectivity index (χ1n) is 19.0. The summed E-state index contributed by atoms with van der Waals surface area (Å²) < 4.78 is 44.9. The zero-order chi connectivity index (χ0) is 41.7. The summed E-state index contributed by atoms with van der Waals surface area (Å²) in [6, 6.07) is 12.2. The van der Waals surface area contributed by atoms with E-state index in [1.165, 1.54) is 28.9 Å². The molecule has 14 nitrogen and oxygen atoms in total. The number of hydrogen-bond acceptors (Lipinski definition) is 10. The van der Waals surface area contributed by atoms with E-state index in [-0.39, 0.29) is 34.1 Å². The van der Waals surface area contributed by atoms with Crippen molar-refractivity contribution >= 4 is 84.5 Å². The number of benzene rings is 2. The van der Waals surface area contributed by atoms with E-state index in [0.717, 1.165) is 40.7 Å². The van der Waals surface area contributed by atoms with E-state index >= 15 is 0 Å². The normalized spacial score (nSPS) is 19.6. The molecule has 1 N–H and O–H groups in total. The van der Waals surface area contributed by atoms with Gasteiger partial charge >= 0.3 is 0 Å². The van der Waals surface area contributed by atoms with Crippen LogP contribution < -0.4 is 10.2 Å².